The summed E-state index contributed by atoms with van der Waals surface area (Å²) in [6.07, 6.45) is 0. The summed E-state index contributed by atoms with van der Waals surface area (Å²) in [4.78, 5) is 14.7. The third-order valence-corrected chi connectivity index (χ3v) is 5.03. The van der Waals surface area contributed by atoms with Crippen molar-refractivity contribution < 1.29 is 9.32 Å². The van der Waals surface area contributed by atoms with E-state index in [2.05, 4.69) is 5.16 Å². The Morgan fingerprint density at radius 1 is 1.48 bits per heavy atom. The third kappa shape index (κ3) is 2.68. The van der Waals surface area contributed by atoms with E-state index in [1.54, 1.807) is 25.6 Å². The van der Waals surface area contributed by atoms with E-state index in [9.17, 15) is 4.79 Å². The summed E-state index contributed by atoms with van der Waals surface area (Å²) in [5.74, 6) is 1.45. The zero-order chi connectivity index (χ0) is 15.0. The molecule has 3 rings (SSSR count). The van der Waals surface area contributed by atoms with Crippen LogP contribution in [0.2, 0.25) is 5.02 Å². The highest BCUT2D eigenvalue weighted by atomic mass is 35.5. The predicted octanol–water partition coefficient (Wildman–Crippen LogP) is 3.83. The van der Waals surface area contributed by atoms with Crippen molar-refractivity contribution >= 4 is 29.3 Å². The van der Waals surface area contributed by atoms with Gasteiger partial charge in [-0.2, -0.15) is 0 Å². The molecule has 0 bridgehead atoms. The Kier molecular flexibility index (Phi) is 3.95. The van der Waals surface area contributed by atoms with Crippen LogP contribution in [0.4, 0.5) is 0 Å². The fourth-order valence-electron chi connectivity index (χ4n) is 2.55. The minimum Gasteiger partial charge on any atom is -0.361 e. The van der Waals surface area contributed by atoms with E-state index in [0.717, 1.165) is 11.3 Å². The fraction of sp³-hybridized carbons (Fsp3) is 0.333. The Morgan fingerprint density at radius 2 is 2.29 bits per heavy atom. The fourth-order valence-corrected chi connectivity index (χ4v) is 3.99. The highest BCUT2D eigenvalue weighted by Crippen LogP contribution is 2.39. The molecule has 6 heteroatoms. The van der Waals surface area contributed by atoms with Crippen LogP contribution in [0.1, 0.15) is 32.7 Å². The van der Waals surface area contributed by atoms with Crippen LogP contribution in [0.5, 0.6) is 0 Å². The zero-order valence-corrected chi connectivity index (χ0v) is 13.4. The molecule has 0 N–H and O–H groups in total. The van der Waals surface area contributed by atoms with Crippen LogP contribution in [-0.4, -0.2) is 28.3 Å². The summed E-state index contributed by atoms with van der Waals surface area (Å²) < 4.78 is 5.11. The summed E-state index contributed by atoms with van der Waals surface area (Å²) in [6.45, 7) is 4.27. The van der Waals surface area contributed by atoms with Gasteiger partial charge in [-0.15, -0.1) is 11.8 Å². The van der Waals surface area contributed by atoms with Crippen LogP contribution in [0, 0.1) is 13.8 Å². The van der Waals surface area contributed by atoms with E-state index in [-0.39, 0.29) is 11.3 Å². The molecule has 4 nitrogen and oxygen atoms in total. The molecule has 2 heterocycles. The number of amides is 1. The Bertz CT molecular complexity index is 667. The molecule has 0 spiro atoms. The molecule has 2 aromatic rings. The number of aryl methyl sites for hydroxylation is 2. The monoisotopic (exact) mass is 322 g/mol. The maximum absolute atomic E-state index is 12.8. The van der Waals surface area contributed by atoms with Gasteiger partial charge in [0.2, 0.25) is 0 Å². The van der Waals surface area contributed by atoms with Gasteiger partial charge in [-0.25, -0.2) is 0 Å². The summed E-state index contributed by atoms with van der Waals surface area (Å²) >= 11 is 7.81. The molecule has 1 aromatic carbocycles. The van der Waals surface area contributed by atoms with Crippen LogP contribution in [0.3, 0.4) is 0 Å². The molecule has 1 amide bonds. The SMILES string of the molecule is Cc1noc(C)c1C(=O)N1CCSC1c1cccc(Cl)c1. The third-order valence-electron chi connectivity index (χ3n) is 3.53. The molecule has 1 aromatic heterocycles. The number of halogens is 1. The number of aromatic nitrogens is 1. The van der Waals surface area contributed by atoms with Gasteiger partial charge in [0.1, 0.15) is 16.7 Å². The van der Waals surface area contributed by atoms with E-state index in [1.165, 1.54) is 0 Å². The lowest BCUT2D eigenvalue weighted by Crippen LogP contribution is -2.31. The van der Waals surface area contributed by atoms with Crippen LogP contribution < -0.4 is 0 Å². The van der Waals surface area contributed by atoms with Gasteiger partial charge in [-0.3, -0.25) is 4.79 Å². The Balaban J connectivity index is 1.93. The van der Waals surface area contributed by atoms with Gasteiger partial charge in [0.15, 0.2) is 0 Å². The summed E-state index contributed by atoms with van der Waals surface area (Å²) in [5, 5.41) is 4.55. The number of rotatable bonds is 2. The van der Waals surface area contributed by atoms with E-state index in [1.807, 2.05) is 29.2 Å². The first-order valence-corrected chi connectivity index (χ1v) is 8.11. The van der Waals surface area contributed by atoms with Crippen molar-refractivity contribution in [2.45, 2.75) is 19.2 Å². The molecule has 0 aliphatic carbocycles. The lowest BCUT2D eigenvalue weighted by atomic mass is 10.1. The molecule has 1 fully saturated rings. The lowest BCUT2D eigenvalue weighted by Gasteiger charge is -2.24. The van der Waals surface area contributed by atoms with Crippen molar-refractivity contribution in [2.24, 2.45) is 0 Å². The smallest absolute Gasteiger partial charge is 0.260 e. The molecule has 1 aliphatic rings. The highest BCUT2D eigenvalue weighted by Gasteiger charge is 2.33. The van der Waals surface area contributed by atoms with Crippen molar-refractivity contribution in [3.05, 3.63) is 51.9 Å². The van der Waals surface area contributed by atoms with Crippen LogP contribution in [0.15, 0.2) is 28.8 Å². The Morgan fingerprint density at radius 3 is 2.95 bits per heavy atom. The maximum Gasteiger partial charge on any atom is 0.260 e. The molecule has 0 saturated carbocycles. The minimum absolute atomic E-state index is 0.00935. The number of hydrogen-bond donors (Lipinski definition) is 0. The van der Waals surface area contributed by atoms with E-state index in [4.69, 9.17) is 16.1 Å². The maximum atomic E-state index is 12.8. The first kappa shape index (κ1) is 14.5. The molecule has 0 radical (unpaired) electrons. The minimum atomic E-state index is -0.0266. The number of carbonyl (C=O) groups excluding carboxylic acids is 1. The van der Waals surface area contributed by atoms with Gasteiger partial charge in [-0.1, -0.05) is 28.9 Å². The second-order valence-electron chi connectivity index (χ2n) is 4.98. The van der Waals surface area contributed by atoms with Gasteiger partial charge < -0.3 is 9.42 Å². The normalized spacial score (nSPS) is 18.2. The number of nitrogens with zero attached hydrogens (tertiary/aromatic N) is 2. The van der Waals surface area contributed by atoms with Gasteiger partial charge in [0, 0.05) is 17.3 Å². The quantitative estimate of drug-likeness (QED) is 0.843. The highest BCUT2D eigenvalue weighted by molar-refractivity contribution is 7.99. The summed E-state index contributed by atoms with van der Waals surface area (Å²) in [6, 6.07) is 7.67. The molecular formula is C15H15ClN2O2S. The molecule has 21 heavy (non-hydrogen) atoms. The second-order valence-corrected chi connectivity index (χ2v) is 6.60. The number of benzene rings is 1. The van der Waals surface area contributed by atoms with E-state index < -0.39 is 0 Å². The molecular weight excluding hydrogens is 308 g/mol. The van der Waals surface area contributed by atoms with Crippen molar-refractivity contribution in [1.82, 2.24) is 10.1 Å². The van der Waals surface area contributed by atoms with E-state index in [0.29, 0.717) is 28.6 Å². The summed E-state index contributed by atoms with van der Waals surface area (Å²) in [7, 11) is 0. The van der Waals surface area contributed by atoms with Crippen molar-refractivity contribution in [1.29, 1.82) is 0 Å². The molecule has 1 atom stereocenters. The first-order chi connectivity index (χ1) is 10.1. The average molecular weight is 323 g/mol. The standard InChI is InChI=1S/C15H15ClN2O2S/c1-9-13(10(2)20-17-9)14(19)18-6-7-21-15(18)11-4-3-5-12(16)8-11/h3-5,8,15H,6-7H2,1-2H3. The average Bonchev–Trinajstić information content (AvgIpc) is 3.05. The van der Waals surface area contributed by atoms with Crippen LogP contribution in [0.25, 0.3) is 0 Å². The van der Waals surface area contributed by atoms with E-state index >= 15 is 0 Å². The van der Waals surface area contributed by atoms with Crippen LogP contribution in [-0.2, 0) is 0 Å². The zero-order valence-electron chi connectivity index (χ0n) is 11.8. The van der Waals surface area contributed by atoms with Gasteiger partial charge in [-0.05, 0) is 31.5 Å². The van der Waals surface area contributed by atoms with Gasteiger partial charge in [0.25, 0.3) is 5.91 Å². The number of thioether (sulfide) groups is 1. The topological polar surface area (TPSA) is 46.3 Å². The second kappa shape index (κ2) is 5.73. The van der Waals surface area contributed by atoms with Crippen molar-refractivity contribution in [3.63, 3.8) is 0 Å². The molecule has 1 saturated heterocycles. The largest absolute Gasteiger partial charge is 0.361 e. The van der Waals surface area contributed by atoms with Crippen molar-refractivity contribution in [2.75, 3.05) is 12.3 Å². The molecule has 1 unspecified atom stereocenters. The lowest BCUT2D eigenvalue weighted by molar-refractivity contribution is 0.0758. The Labute approximate surface area is 132 Å². The van der Waals surface area contributed by atoms with Gasteiger partial charge >= 0.3 is 0 Å². The molecule has 1 aliphatic heterocycles. The predicted molar refractivity (Wildman–Crippen MR) is 83.7 cm³/mol. The number of carbonyl (C=O) groups is 1. The molecule has 110 valence electrons. The first-order valence-electron chi connectivity index (χ1n) is 6.69. The summed E-state index contributed by atoms with van der Waals surface area (Å²) in [5.41, 5.74) is 2.26. The van der Waals surface area contributed by atoms with Crippen LogP contribution >= 0.6 is 23.4 Å². The Hall–Kier alpha value is -1.46. The van der Waals surface area contributed by atoms with Crippen molar-refractivity contribution in [3.8, 4) is 0 Å². The van der Waals surface area contributed by atoms with Gasteiger partial charge in [0.05, 0.1) is 5.69 Å². The number of hydrogen-bond acceptors (Lipinski definition) is 4.